The maximum atomic E-state index is 13.7. The van der Waals surface area contributed by atoms with E-state index in [4.69, 9.17) is 59.8 Å². The lowest BCUT2D eigenvalue weighted by atomic mass is 9.71. The molecule has 0 bridgehead atoms. The summed E-state index contributed by atoms with van der Waals surface area (Å²) in [6.07, 6.45) is -12.7. The number of methoxy groups -OCH3 is 3. The van der Waals surface area contributed by atoms with Crippen molar-refractivity contribution >= 4 is 40.5 Å². The van der Waals surface area contributed by atoms with Crippen LogP contribution in [0.3, 0.4) is 0 Å². The summed E-state index contributed by atoms with van der Waals surface area (Å²) >= 11 is 0. The van der Waals surface area contributed by atoms with Gasteiger partial charge in [-0.3, -0.25) is 33.6 Å². The van der Waals surface area contributed by atoms with Gasteiger partial charge in [0.2, 0.25) is 17.3 Å². The van der Waals surface area contributed by atoms with Crippen molar-refractivity contribution in [1.82, 2.24) is 5.32 Å². The zero-order chi connectivity index (χ0) is 87.9. The minimum Gasteiger partial charge on any atom is -0.507 e. The highest BCUT2D eigenvalue weighted by Crippen LogP contribution is 2.58. The van der Waals surface area contributed by atoms with E-state index in [-0.39, 0.29) is 147 Å². The minimum absolute atomic E-state index is 0. The summed E-state index contributed by atoms with van der Waals surface area (Å²) in [5.41, 5.74) is 9.42. The summed E-state index contributed by atoms with van der Waals surface area (Å²) in [6, 6.07) is 9.91. The lowest BCUT2D eigenvalue weighted by molar-refractivity contribution is -0.256. The first kappa shape index (κ1) is 92.2. The maximum absolute atomic E-state index is 13.7. The highest BCUT2D eigenvalue weighted by Gasteiger charge is 2.55. The molecule has 3 heterocycles. The van der Waals surface area contributed by atoms with Crippen molar-refractivity contribution < 1.29 is 153 Å². The average Bonchev–Trinajstić information content (AvgIpc) is 0.718. The van der Waals surface area contributed by atoms with Gasteiger partial charge in [0, 0.05) is 120 Å². The van der Waals surface area contributed by atoms with Crippen molar-refractivity contribution in [3.63, 3.8) is 0 Å². The van der Waals surface area contributed by atoms with Crippen LogP contribution in [0.25, 0.3) is 0 Å². The Hall–Kier alpha value is -9.55. The molecule has 3 aliphatic heterocycles. The molecule has 0 amide bonds. The molecule has 0 spiro atoms. The lowest BCUT2D eigenvalue weighted by Crippen LogP contribution is -2.56. The van der Waals surface area contributed by atoms with Crippen LogP contribution in [0, 0.1) is 5.92 Å². The Morgan fingerprint density at radius 1 is 0.471 bits per heavy atom. The number of ether oxygens (including phenoxy) is 9. The van der Waals surface area contributed by atoms with Gasteiger partial charge in [-0.25, -0.2) is 0 Å². The molecule has 0 saturated carbocycles. The first-order chi connectivity index (χ1) is 56.8. The van der Waals surface area contributed by atoms with Crippen molar-refractivity contribution in [3.05, 3.63) is 155 Å². The summed E-state index contributed by atoms with van der Waals surface area (Å²) in [7, 11) is 5.57. The zero-order valence-corrected chi connectivity index (χ0v) is 67.5. The second kappa shape index (κ2) is 35.7. The Bertz CT molecular complexity index is 5030. The standard InChI is InChI=1S/C28H34N2O10.C28H33NO10.C27H29NO11.C2H6.CH4/c1-11-23(32)14(29)7-18(39-11)40-16-9-28(37,17(10-31)30-2)8-13-20(16)27(36)22-21(25(13)34)24(33)12-5-4-6-15(38-3)19(12)26(22)35;1-11-7-18(38-12(2)23(11)31)39-16-9-28(36,17(29)10-30)8-14-20(16)27(35)22-21(25(14)33)24(32)13-5-4-6-15(37-3)19(13)26(22)34;1-10-22(31)13(28)6-17(38-10)39-15-8-27(36,16(30)9-29)7-12-19(15)26(35)21-20(24(12)33)23(32)11-4-3-5-14(37-2)18(11)25(21)34;1-2;/h4-6,11,14,16-18,23,30-32,34,36-37H,7-10,29H2,1-3H3;4-6,11-12,16-18,23,30-31,33,35-36H,7-10,29H2,1-3H3;3-5,10,13,15,17,22,29,31,33,35-36H,6-9,28H2,1-2H3;1-2H3;1H4/t11?,14?,16-,17?,18?,23?,28-;11?,12?,16-,17?,18?,23?,28-;10?,13?,15-,17?,22?,27-;;/m000../s1. The summed E-state index contributed by atoms with van der Waals surface area (Å²) in [5.74, 6) is -8.77. The van der Waals surface area contributed by atoms with Crippen LogP contribution in [0.5, 0.6) is 51.7 Å². The fourth-order valence-corrected chi connectivity index (χ4v) is 18.0. The van der Waals surface area contributed by atoms with E-state index in [0.717, 1.165) is 0 Å². The van der Waals surface area contributed by atoms with Crippen LogP contribution in [0.15, 0.2) is 54.6 Å². The Labute approximate surface area is 695 Å². The van der Waals surface area contributed by atoms with E-state index >= 15 is 0 Å². The van der Waals surface area contributed by atoms with Crippen LogP contribution in [-0.2, 0) is 52.5 Å². The SMILES string of the molecule is C.CC.CNC(CO)[C@]1(O)Cc2c(O)c3c(c(O)c2[C@@H](OC2CC(N)C(O)C(C)O2)C1)C(=O)c1c(OC)cccc1C3=O.COc1cccc2c1C(=O)c1c(O)c3c(c(O)c1C2=O)C[C@@](O)(C(=O)CO)C[C@@H]3OC1CC(N)C(O)C(C)O1.COc1cccc2c1C(=O)c1c(O)c3c(c(O)c1C2=O)C[C@@](O)(C(N)CO)C[C@@H]3OC1CC(C)C(O)C(C)O1. The topological polar surface area (TPSA) is 596 Å². The summed E-state index contributed by atoms with van der Waals surface area (Å²) in [6.45, 7) is 8.67. The van der Waals surface area contributed by atoms with Crippen LogP contribution in [0.1, 0.15) is 235 Å². The molecule has 6 aliphatic carbocycles. The second-order valence-corrected chi connectivity index (χ2v) is 31.6. The number of nitrogens with two attached hydrogens (primary N) is 3. The van der Waals surface area contributed by atoms with E-state index in [9.17, 15) is 110 Å². The number of fused-ring (bicyclic) bond motifs is 9. The van der Waals surface area contributed by atoms with E-state index in [1.807, 2.05) is 20.8 Å². The molecule has 6 aromatic rings. The third-order valence-corrected chi connectivity index (χ3v) is 24.5. The predicted octanol–water partition coefficient (Wildman–Crippen LogP) is 2.75. The van der Waals surface area contributed by atoms with Crippen molar-refractivity contribution in [2.75, 3.05) is 48.2 Å². The second-order valence-electron chi connectivity index (χ2n) is 31.6. The third kappa shape index (κ3) is 15.8. The molecule has 35 heteroatoms. The van der Waals surface area contributed by atoms with Crippen LogP contribution in [0.4, 0.5) is 0 Å². The van der Waals surface area contributed by atoms with Gasteiger partial charge in [0.15, 0.2) is 42.0 Å². The maximum Gasteiger partial charge on any atom is 0.202 e. The smallest absolute Gasteiger partial charge is 0.202 e. The van der Waals surface area contributed by atoms with Gasteiger partial charge in [-0.1, -0.05) is 64.6 Å². The quantitative estimate of drug-likeness (QED) is 0.0618. The van der Waals surface area contributed by atoms with Gasteiger partial charge in [-0.05, 0) is 51.9 Å². The lowest BCUT2D eigenvalue weighted by Gasteiger charge is -2.45. The number of ketones is 7. The first-order valence-corrected chi connectivity index (χ1v) is 39.4. The number of aromatic hydroxyl groups is 6. The number of nitrogens with one attached hydrogen (secondary N) is 1. The number of phenols is 6. The van der Waals surface area contributed by atoms with Crippen LogP contribution in [-0.4, -0.2) is 262 Å². The van der Waals surface area contributed by atoms with Gasteiger partial charge in [0.1, 0.15) is 64.0 Å². The van der Waals surface area contributed by atoms with Crippen LogP contribution in [0.2, 0.25) is 0 Å². The fraction of sp³-hybridized carbons (Fsp3) is 0.500. The molecule has 15 rings (SSSR count). The third-order valence-electron chi connectivity index (χ3n) is 24.5. The molecule has 3 fully saturated rings. The van der Waals surface area contributed by atoms with E-state index in [2.05, 4.69) is 5.32 Å². The number of phenolic OH excluding ortho intramolecular Hbond substituents is 6. The number of aliphatic hydroxyl groups is 9. The number of rotatable bonds is 16. The molecular formula is C86H106N4O31. The van der Waals surface area contributed by atoms with E-state index in [1.165, 1.54) is 75.9 Å². The van der Waals surface area contributed by atoms with E-state index < -0.39 is 245 Å². The van der Waals surface area contributed by atoms with Crippen LogP contribution >= 0.6 is 0 Å². The monoisotopic (exact) mass is 1690 g/mol. The summed E-state index contributed by atoms with van der Waals surface area (Å²) in [4.78, 5) is 94.3. The number of likely N-dealkylation sites (N-methyl/N-ethyl adjacent to an activating group) is 1. The van der Waals surface area contributed by atoms with E-state index in [0.29, 0.717) is 6.42 Å². The molecule has 9 aliphatic rings. The highest BCUT2D eigenvalue weighted by molar-refractivity contribution is 6.33. The summed E-state index contributed by atoms with van der Waals surface area (Å²) < 4.78 is 51.6. The number of hydrogen-bond acceptors (Lipinski definition) is 35. The number of Topliss-reactive ketones (excluding diaryl/α,β-unsaturated/α-hetero) is 1. The molecule has 0 aromatic heterocycles. The predicted molar refractivity (Wildman–Crippen MR) is 425 cm³/mol. The molecule has 35 nitrogen and oxygen atoms in total. The normalized spacial score (nSPS) is 29.6. The Kier molecular flexibility index (Phi) is 27.2. The number of carbonyl (C=O) groups is 7. The number of carbonyl (C=O) groups excluding carboxylic acids is 7. The van der Waals surface area contributed by atoms with Gasteiger partial charge < -0.3 is 142 Å². The number of aliphatic hydroxyl groups excluding tert-OH is 6. The van der Waals surface area contributed by atoms with Crippen LogP contribution < -0.4 is 36.7 Å². The van der Waals surface area contributed by atoms with Gasteiger partial charge >= 0.3 is 0 Å². The number of benzene rings is 6. The molecule has 121 heavy (non-hydrogen) atoms. The minimum atomic E-state index is -2.24. The fourth-order valence-electron chi connectivity index (χ4n) is 18.0. The molecule has 656 valence electrons. The van der Waals surface area contributed by atoms with Crippen molar-refractivity contribution in [2.45, 2.75) is 222 Å². The van der Waals surface area contributed by atoms with Crippen molar-refractivity contribution in [2.24, 2.45) is 23.1 Å². The average molecular weight is 1690 g/mol. The molecule has 0 radical (unpaired) electrons. The number of hydrogen-bond donors (Lipinski definition) is 19. The molecule has 14 unspecified atom stereocenters. The summed E-state index contributed by atoms with van der Waals surface area (Å²) in [5, 5.41) is 166. The van der Waals surface area contributed by atoms with Crippen molar-refractivity contribution in [3.8, 4) is 51.7 Å². The molecular weight excluding hydrogens is 1580 g/mol. The zero-order valence-electron chi connectivity index (χ0n) is 67.5. The first-order valence-electron chi connectivity index (χ1n) is 39.4. The van der Waals surface area contributed by atoms with Gasteiger partial charge in [0.05, 0.1) is 163 Å². The van der Waals surface area contributed by atoms with Gasteiger partial charge in [0.25, 0.3) is 0 Å². The molecule has 20 atom stereocenters. The Morgan fingerprint density at radius 2 is 0.793 bits per heavy atom. The Morgan fingerprint density at radius 3 is 1.12 bits per heavy atom. The molecule has 22 N–H and O–H groups in total. The van der Waals surface area contributed by atoms with Crippen molar-refractivity contribution in [1.29, 1.82) is 0 Å². The van der Waals surface area contributed by atoms with Gasteiger partial charge in [-0.15, -0.1) is 0 Å². The van der Waals surface area contributed by atoms with Gasteiger partial charge in [-0.2, -0.15) is 0 Å². The highest BCUT2D eigenvalue weighted by atomic mass is 16.7. The molecule has 6 aromatic carbocycles. The molecule has 3 saturated heterocycles. The Balaban J connectivity index is 0.000000175. The van der Waals surface area contributed by atoms with E-state index in [1.54, 1.807) is 27.8 Å². The largest absolute Gasteiger partial charge is 0.507 e.